The predicted octanol–water partition coefficient (Wildman–Crippen LogP) is 4.26. The summed E-state index contributed by atoms with van der Waals surface area (Å²) in [6.07, 6.45) is 5.47. The number of phenolic OH excluding ortho intramolecular Hbond substituents is 1. The van der Waals surface area contributed by atoms with Crippen molar-refractivity contribution in [2.75, 3.05) is 13.1 Å². The summed E-state index contributed by atoms with van der Waals surface area (Å²) >= 11 is 1.76. The van der Waals surface area contributed by atoms with E-state index >= 15 is 0 Å². The lowest BCUT2D eigenvalue weighted by Gasteiger charge is -2.20. The number of aromatic nitrogens is 1. The van der Waals surface area contributed by atoms with Gasteiger partial charge in [0, 0.05) is 30.0 Å². The first kappa shape index (κ1) is 22.9. The van der Waals surface area contributed by atoms with E-state index in [4.69, 9.17) is 4.99 Å². The number of aliphatic imine (C=N–C) groups is 1. The molecule has 154 valence electrons. The average Bonchev–Trinajstić information content (AvgIpc) is 2.98. The van der Waals surface area contributed by atoms with E-state index < -0.39 is 0 Å². The number of nitrogens with zero attached hydrogens (tertiary/aromatic N) is 2. The van der Waals surface area contributed by atoms with Gasteiger partial charge in [0.05, 0.1) is 17.2 Å². The van der Waals surface area contributed by atoms with Gasteiger partial charge in [0.15, 0.2) is 5.96 Å². The monoisotopic (exact) mass is 514 g/mol. The minimum Gasteiger partial charge on any atom is -0.508 e. The SMILES string of the molecule is CCNC(=NCc1c(O)ccc2c1CCCC2)NCCc1nc(C)c(C)s1.I. The molecule has 0 radical (unpaired) electrons. The van der Waals surface area contributed by atoms with Crippen molar-refractivity contribution < 1.29 is 5.11 Å². The topological polar surface area (TPSA) is 69.5 Å². The molecule has 1 aliphatic carbocycles. The Bertz CT molecular complexity index is 799. The van der Waals surface area contributed by atoms with Crippen molar-refractivity contribution in [1.29, 1.82) is 0 Å². The molecule has 1 aliphatic rings. The summed E-state index contributed by atoms with van der Waals surface area (Å²) in [5.41, 5.74) is 4.78. The van der Waals surface area contributed by atoms with E-state index in [9.17, 15) is 5.11 Å². The Hall–Kier alpha value is -1.35. The first-order valence-corrected chi connectivity index (χ1v) is 10.7. The predicted molar refractivity (Wildman–Crippen MR) is 128 cm³/mol. The van der Waals surface area contributed by atoms with Gasteiger partial charge in [0.25, 0.3) is 0 Å². The summed E-state index contributed by atoms with van der Waals surface area (Å²) < 4.78 is 0. The van der Waals surface area contributed by atoms with Crippen LogP contribution in [0.25, 0.3) is 0 Å². The molecule has 1 aromatic carbocycles. The standard InChI is InChI=1S/C21H30N4OS.HI/c1-4-22-21(23-12-11-20-25-14(2)15(3)27-20)24-13-18-17-8-6-5-7-16(17)9-10-19(18)26;/h9-10,26H,4-8,11-13H2,1-3H3,(H2,22,23,24);1H. The molecule has 7 heteroatoms. The van der Waals surface area contributed by atoms with Gasteiger partial charge in [-0.25, -0.2) is 9.98 Å². The minimum atomic E-state index is 0. The maximum absolute atomic E-state index is 10.3. The maximum Gasteiger partial charge on any atom is 0.191 e. The van der Waals surface area contributed by atoms with Gasteiger partial charge < -0.3 is 15.7 Å². The normalized spacial score (nSPS) is 13.6. The molecular weight excluding hydrogens is 483 g/mol. The summed E-state index contributed by atoms with van der Waals surface area (Å²) in [6.45, 7) is 8.33. The van der Waals surface area contributed by atoms with Crippen molar-refractivity contribution in [3.05, 3.63) is 44.4 Å². The number of halogens is 1. The van der Waals surface area contributed by atoms with Crippen molar-refractivity contribution in [3.63, 3.8) is 0 Å². The Balaban J connectivity index is 0.00000280. The second kappa shape index (κ2) is 11.0. The number of aromatic hydroxyl groups is 1. The summed E-state index contributed by atoms with van der Waals surface area (Å²) in [5, 5.41) is 18.2. The zero-order valence-corrected chi connectivity index (χ0v) is 20.1. The van der Waals surface area contributed by atoms with Gasteiger partial charge in [-0.3, -0.25) is 0 Å². The van der Waals surface area contributed by atoms with Crippen molar-refractivity contribution >= 4 is 41.3 Å². The van der Waals surface area contributed by atoms with Crippen molar-refractivity contribution in [1.82, 2.24) is 15.6 Å². The number of guanidine groups is 1. The van der Waals surface area contributed by atoms with Gasteiger partial charge in [-0.05, 0) is 63.6 Å². The molecule has 5 nitrogen and oxygen atoms in total. The van der Waals surface area contributed by atoms with Crippen molar-refractivity contribution in [2.24, 2.45) is 4.99 Å². The number of fused-ring (bicyclic) bond motifs is 1. The molecule has 0 bridgehead atoms. The van der Waals surface area contributed by atoms with E-state index in [-0.39, 0.29) is 24.0 Å². The molecule has 0 unspecified atom stereocenters. The molecule has 0 spiro atoms. The second-order valence-electron chi connectivity index (χ2n) is 7.03. The van der Waals surface area contributed by atoms with Gasteiger partial charge in [0.1, 0.15) is 5.75 Å². The fourth-order valence-corrected chi connectivity index (χ4v) is 4.44. The van der Waals surface area contributed by atoms with E-state index in [1.807, 2.05) is 6.07 Å². The number of thiazole rings is 1. The van der Waals surface area contributed by atoms with Crippen LogP contribution < -0.4 is 10.6 Å². The molecule has 0 saturated carbocycles. The Kier molecular flexibility index (Phi) is 9.01. The largest absolute Gasteiger partial charge is 0.508 e. The highest BCUT2D eigenvalue weighted by molar-refractivity contribution is 14.0. The number of phenols is 1. The van der Waals surface area contributed by atoms with Crippen LogP contribution in [-0.4, -0.2) is 29.1 Å². The minimum absolute atomic E-state index is 0. The molecule has 0 fully saturated rings. The van der Waals surface area contributed by atoms with Crippen LogP contribution in [0.5, 0.6) is 5.75 Å². The molecule has 3 N–H and O–H groups in total. The van der Waals surface area contributed by atoms with Crippen LogP contribution in [0.2, 0.25) is 0 Å². The Labute approximate surface area is 189 Å². The average molecular weight is 514 g/mol. The molecule has 0 atom stereocenters. The summed E-state index contributed by atoms with van der Waals surface area (Å²) in [6, 6.07) is 3.89. The highest BCUT2D eigenvalue weighted by Gasteiger charge is 2.16. The highest BCUT2D eigenvalue weighted by Crippen LogP contribution is 2.31. The van der Waals surface area contributed by atoms with Gasteiger partial charge in [-0.2, -0.15) is 0 Å². The van der Waals surface area contributed by atoms with Gasteiger partial charge >= 0.3 is 0 Å². The fourth-order valence-electron chi connectivity index (χ4n) is 3.50. The molecule has 0 amide bonds. The molecule has 1 aromatic heterocycles. The van der Waals surface area contributed by atoms with E-state index in [0.717, 1.165) is 54.6 Å². The molecule has 0 aliphatic heterocycles. The van der Waals surface area contributed by atoms with Crippen LogP contribution in [0, 0.1) is 13.8 Å². The Morgan fingerprint density at radius 2 is 2.00 bits per heavy atom. The summed E-state index contributed by atoms with van der Waals surface area (Å²) in [4.78, 5) is 10.6. The lowest BCUT2D eigenvalue weighted by atomic mass is 9.88. The quantitative estimate of drug-likeness (QED) is 0.306. The van der Waals surface area contributed by atoms with Crippen molar-refractivity contribution in [2.45, 2.75) is 59.4 Å². The zero-order valence-electron chi connectivity index (χ0n) is 17.0. The Morgan fingerprint density at radius 1 is 1.21 bits per heavy atom. The molecule has 1 heterocycles. The Morgan fingerprint density at radius 3 is 2.71 bits per heavy atom. The lowest BCUT2D eigenvalue weighted by Crippen LogP contribution is -2.38. The third kappa shape index (κ3) is 5.83. The van der Waals surface area contributed by atoms with Crippen LogP contribution in [0.3, 0.4) is 0 Å². The molecule has 2 aromatic rings. The fraction of sp³-hybridized carbons (Fsp3) is 0.524. The summed E-state index contributed by atoms with van der Waals surface area (Å²) in [7, 11) is 0. The van der Waals surface area contributed by atoms with Crippen LogP contribution in [-0.2, 0) is 25.8 Å². The van der Waals surface area contributed by atoms with Gasteiger partial charge in [0.2, 0.25) is 0 Å². The lowest BCUT2D eigenvalue weighted by molar-refractivity contribution is 0.465. The van der Waals surface area contributed by atoms with Crippen LogP contribution >= 0.6 is 35.3 Å². The third-order valence-electron chi connectivity index (χ3n) is 5.07. The first-order valence-electron chi connectivity index (χ1n) is 9.86. The molecule has 28 heavy (non-hydrogen) atoms. The number of benzene rings is 1. The number of hydrogen-bond acceptors (Lipinski definition) is 4. The van der Waals surface area contributed by atoms with Gasteiger partial charge in [-0.1, -0.05) is 6.07 Å². The van der Waals surface area contributed by atoms with Crippen molar-refractivity contribution in [3.8, 4) is 5.75 Å². The number of hydrogen-bond donors (Lipinski definition) is 3. The smallest absolute Gasteiger partial charge is 0.191 e. The highest BCUT2D eigenvalue weighted by atomic mass is 127. The summed E-state index contributed by atoms with van der Waals surface area (Å²) in [5.74, 6) is 1.15. The van der Waals surface area contributed by atoms with E-state index in [0.29, 0.717) is 12.3 Å². The maximum atomic E-state index is 10.3. The first-order chi connectivity index (χ1) is 13.1. The second-order valence-corrected chi connectivity index (χ2v) is 8.32. The van der Waals surface area contributed by atoms with E-state index in [1.165, 1.54) is 28.8 Å². The third-order valence-corrected chi connectivity index (χ3v) is 6.20. The van der Waals surface area contributed by atoms with E-state index in [1.54, 1.807) is 11.3 Å². The van der Waals surface area contributed by atoms with Crippen LogP contribution in [0.4, 0.5) is 0 Å². The molecule has 3 rings (SSSR count). The molecular formula is C21H31IN4OS. The zero-order chi connectivity index (χ0) is 19.2. The molecule has 0 saturated heterocycles. The number of aryl methyl sites for hydroxylation is 3. The van der Waals surface area contributed by atoms with Gasteiger partial charge in [-0.15, -0.1) is 35.3 Å². The van der Waals surface area contributed by atoms with Crippen LogP contribution in [0.1, 0.15) is 52.0 Å². The number of nitrogens with one attached hydrogen (secondary N) is 2. The van der Waals surface area contributed by atoms with Crippen LogP contribution in [0.15, 0.2) is 17.1 Å². The van der Waals surface area contributed by atoms with E-state index in [2.05, 4.69) is 42.5 Å². The number of rotatable bonds is 6.